The Morgan fingerprint density at radius 3 is 2.67 bits per heavy atom. The van der Waals surface area contributed by atoms with E-state index < -0.39 is 0 Å². The lowest BCUT2D eigenvalue weighted by Crippen LogP contribution is -1.98. The van der Waals surface area contributed by atoms with Gasteiger partial charge in [-0.3, -0.25) is 0 Å². The second kappa shape index (κ2) is 5.58. The fourth-order valence-corrected chi connectivity index (χ4v) is 2.01. The van der Waals surface area contributed by atoms with Gasteiger partial charge < -0.3 is 10.4 Å². The van der Waals surface area contributed by atoms with E-state index in [1.807, 2.05) is 31.2 Å². The van der Waals surface area contributed by atoms with Crippen LogP contribution in [0.1, 0.15) is 5.56 Å². The number of pyridine rings is 1. The van der Waals surface area contributed by atoms with Gasteiger partial charge in [-0.15, -0.1) is 0 Å². The van der Waals surface area contributed by atoms with Gasteiger partial charge in [0.2, 0.25) is 11.8 Å². The summed E-state index contributed by atoms with van der Waals surface area (Å²) < 4.78 is 0. The molecule has 104 valence electrons. The number of hydrogen-bond acceptors (Lipinski definition) is 5. The second-order valence-corrected chi connectivity index (χ2v) is 4.66. The number of aromatic nitrogens is 3. The zero-order valence-electron chi connectivity index (χ0n) is 11.5. The van der Waals surface area contributed by atoms with Crippen LogP contribution in [0.3, 0.4) is 0 Å². The van der Waals surface area contributed by atoms with Crippen LogP contribution in [-0.2, 0) is 0 Å². The highest BCUT2D eigenvalue weighted by molar-refractivity contribution is 5.62. The van der Waals surface area contributed by atoms with Crippen LogP contribution in [0.2, 0.25) is 0 Å². The molecule has 0 aliphatic heterocycles. The lowest BCUT2D eigenvalue weighted by Gasteiger charge is -2.07. The van der Waals surface area contributed by atoms with Gasteiger partial charge in [0.25, 0.3) is 0 Å². The number of rotatable bonds is 3. The minimum Gasteiger partial charge on any atom is -0.493 e. The van der Waals surface area contributed by atoms with Gasteiger partial charge >= 0.3 is 0 Å². The molecule has 0 radical (unpaired) electrons. The summed E-state index contributed by atoms with van der Waals surface area (Å²) in [7, 11) is 0. The van der Waals surface area contributed by atoms with Gasteiger partial charge in [-0.05, 0) is 36.8 Å². The maximum Gasteiger partial charge on any atom is 0.227 e. The molecule has 0 aliphatic rings. The van der Waals surface area contributed by atoms with E-state index in [0.717, 1.165) is 22.5 Å². The van der Waals surface area contributed by atoms with Crippen molar-refractivity contribution in [3.63, 3.8) is 0 Å². The molecule has 3 rings (SSSR count). The number of aryl methyl sites for hydroxylation is 1. The third-order valence-electron chi connectivity index (χ3n) is 2.97. The number of aromatic hydroxyl groups is 1. The summed E-state index contributed by atoms with van der Waals surface area (Å²) in [6, 6.07) is 13.1. The summed E-state index contributed by atoms with van der Waals surface area (Å²) in [4.78, 5) is 12.4. The van der Waals surface area contributed by atoms with Gasteiger partial charge in [0.15, 0.2) is 0 Å². The molecule has 0 spiro atoms. The molecule has 5 nitrogen and oxygen atoms in total. The lowest BCUT2D eigenvalue weighted by molar-refractivity contribution is 0.454. The Morgan fingerprint density at radius 1 is 1.00 bits per heavy atom. The van der Waals surface area contributed by atoms with E-state index in [4.69, 9.17) is 0 Å². The Labute approximate surface area is 122 Å². The highest BCUT2D eigenvalue weighted by atomic mass is 16.3. The average molecular weight is 278 g/mol. The van der Waals surface area contributed by atoms with Crippen LogP contribution in [0.4, 0.5) is 11.6 Å². The third kappa shape index (κ3) is 3.14. The smallest absolute Gasteiger partial charge is 0.227 e. The quantitative estimate of drug-likeness (QED) is 0.769. The van der Waals surface area contributed by atoms with Crippen molar-refractivity contribution in [2.45, 2.75) is 6.92 Å². The number of hydrogen-bond donors (Lipinski definition) is 2. The molecule has 0 fully saturated rings. The molecule has 0 saturated heterocycles. The number of nitrogens with zero attached hydrogens (tertiary/aromatic N) is 3. The minimum atomic E-state index is -0.0284. The molecular formula is C16H14N4O. The first-order chi connectivity index (χ1) is 10.2. The van der Waals surface area contributed by atoms with Crippen molar-refractivity contribution < 1.29 is 5.11 Å². The molecule has 1 aromatic carbocycles. The number of anilines is 2. The number of nitrogens with one attached hydrogen (secondary N) is 1. The van der Waals surface area contributed by atoms with Crippen molar-refractivity contribution in [3.05, 3.63) is 60.4 Å². The Kier molecular flexibility index (Phi) is 3.47. The Morgan fingerprint density at radius 2 is 1.86 bits per heavy atom. The van der Waals surface area contributed by atoms with E-state index in [1.54, 1.807) is 30.6 Å². The molecule has 5 heteroatoms. The molecule has 3 aromatic rings. The second-order valence-electron chi connectivity index (χ2n) is 4.66. The molecule has 0 bridgehead atoms. The van der Waals surface area contributed by atoms with Crippen LogP contribution in [0.5, 0.6) is 5.88 Å². The largest absolute Gasteiger partial charge is 0.493 e. The molecule has 2 N–H and O–H groups in total. The van der Waals surface area contributed by atoms with E-state index in [2.05, 4.69) is 20.3 Å². The molecule has 0 saturated carbocycles. The molecule has 0 amide bonds. The van der Waals surface area contributed by atoms with Crippen molar-refractivity contribution in [1.82, 2.24) is 15.0 Å². The lowest BCUT2D eigenvalue weighted by atomic mass is 10.2. The first-order valence-corrected chi connectivity index (χ1v) is 6.53. The first-order valence-electron chi connectivity index (χ1n) is 6.53. The summed E-state index contributed by atoms with van der Waals surface area (Å²) >= 11 is 0. The average Bonchev–Trinajstić information content (AvgIpc) is 2.47. The van der Waals surface area contributed by atoms with E-state index >= 15 is 0 Å². The highest BCUT2D eigenvalue weighted by Gasteiger charge is 2.04. The maximum atomic E-state index is 9.44. The Hall–Kier alpha value is -2.95. The van der Waals surface area contributed by atoms with Crippen molar-refractivity contribution in [2.75, 3.05) is 5.32 Å². The third-order valence-corrected chi connectivity index (χ3v) is 2.97. The number of benzene rings is 1. The van der Waals surface area contributed by atoms with E-state index in [9.17, 15) is 5.11 Å². The van der Waals surface area contributed by atoms with Crippen molar-refractivity contribution >= 4 is 11.6 Å². The zero-order valence-corrected chi connectivity index (χ0v) is 11.5. The topological polar surface area (TPSA) is 70.9 Å². The Bertz CT molecular complexity index is 773. The molecule has 2 aromatic heterocycles. The standard InChI is InChI=1S/C16H14N4O/c1-11-3-2-4-13(9-11)19-16-18-8-6-14(20-16)12-5-7-17-15(21)10-12/h2-10H,1H3,(H,17,21)(H,18,19,20). The van der Waals surface area contributed by atoms with Gasteiger partial charge in [-0.25, -0.2) is 15.0 Å². The molecule has 0 aliphatic carbocycles. The minimum absolute atomic E-state index is 0.0284. The molecule has 0 atom stereocenters. The van der Waals surface area contributed by atoms with E-state index in [-0.39, 0.29) is 5.88 Å². The first kappa shape index (κ1) is 13.1. The van der Waals surface area contributed by atoms with Gasteiger partial charge in [0.05, 0.1) is 5.69 Å². The molecule has 0 unspecified atom stereocenters. The predicted octanol–water partition coefficient (Wildman–Crippen LogP) is 3.30. The van der Waals surface area contributed by atoms with Crippen molar-refractivity contribution in [1.29, 1.82) is 0 Å². The zero-order chi connectivity index (χ0) is 14.7. The van der Waals surface area contributed by atoms with Crippen LogP contribution in [-0.4, -0.2) is 20.1 Å². The normalized spacial score (nSPS) is 10.3. The van der Waals surface area contributed by atoms with Gasteiger partial charge in [0.1, 0.15) is 0 Å². The Balaban J connectivity index is 1.90. The highest BCUT2D eigenvalue weighted by Crippen LogP contribution is 2.21. The van der Waals surface area contributed by atoms with E-state index in [0.29, 0.717) is 5.95 Å². The molecule has 2 heterocycles. The summed E-state index contributed by atoms with van der Waals surface area (Å²) in [5.74, 6) is 0.480. The molecular weight excluding hydrogens is 264 g/mol. The fraction of sp³-hybridized carbons (Fsp3) is 0.0625. The van der Waals surface area contributed by atoms with Crippen LogP contribution in [0, 0.1) is 6.92 Å². The van der Waals surface area contributed by atoms with E-state index in [1.165, 1.54) is 0 Å². The van der Waals surface area contributed by atoms with Crippen LogP contribution in [0.25, 0.3) is 11.3 Å². The van der Waals surface area contributed by atoms with Crippen LogP contribution >= 0.6 is 0 Å². The summed E-state index contributed by atoms with van der Waals surface area (Å²) in [6.07, 6.45) is 3.22. The van der Waals surface area contributed by atoms with Crippen molar-refractivity contribution in [3.8, 4) is 17.1 Å². The summed E-state index contributed by atoms with van der Waals surface area (Å²) in [5, 5.41) is 12.6. The van der Waals surface area contributed by atoms with Gasteiger partial charge in [0, 0.05) is 29.7 Å². The summed E-state index contributed by atoms with van der Waals surface area (Å²) in [6.45, 7) is 2.03. The van der Waals surface area contributed by atoms with Crippen LogP contribution < -0.4 is 5.32 Å². The van der Waals surface area contributed by atoms with Crippen molar-refractivity contribution in [2.24, 2.45) is 0 Å². The fourth-order valence-electron chi connectivity index (χ4n) is 2.01. The predicted molar refractivity (Wildman–Crippen MR) is 81.4 cm³/mol. The monoisotopic (exact) mass is 278 g/mol. The molecule has 21 heavy (non-hydrogen) atoms. The van der Waals surface area contributed by atoms with Crippen LogP contribution in [0.15, 0.2) is 54.9 Å². The van der Waals surface area contributed by atoms with Gasteiger partial charge in [-0.2, -0.15) is 0 Å². The maximum absolute atomic E-state index is 9.44. The SMILES string of the molecule is Cc1cccc(Nc2nccc(-c3ccnc(O)c3)n2)c1. The van der Waals surface area contributed by atoms with Gasteiger partial charge in [-0.1, -0.05) is 12.1 Å². The summed E-state index contributed by atoms with van der Waals surface area (Å²) in [5.41, 5.74) is 3.61.